The summed E-state index contributed by atoms with van der Waals surface area (Å²) in [5, 5.41) is 11.9. The van der Waals surface area contributed by atoms with E-state index < -0.39 is 17.6 Å². The number of hydrogen-bond acceptors (Lipinski definition) is 4. The van der Waals surface area contributed by atoms with Crippen molar-refractivity contribution < 1.29 is 24.2 Å². The van der Waals surface area contributed by atoms with Crippen molar-refractivity contribution >= 4 is 17.9 Å². The Balaban J connectivity index is 1.51. The standard InChI is InChI=1S/C25H30N2O5/c1-16-8-9-19(14-17(16)2)15-27-22(28)21(26-24(27)31)7-5-6-18-10-12-20(13-11-18)32-25(3,4)23(29)30/h8-14,21H,5-7,15H2,1-4H3,(H,26,31)(H,29,30). The number of nitrogens with one attached hydrogen (secondary N) is 1. The van der Waals surface area contributed by atoms with E-state index in [1.807, 2.05) is 44.2 Å². The molecule has 7 heteroatoms. The number of rotatable bonds is 9. The van der Waals surface area contributed by atoms with Crippen molar-refractivity contribution in [3.63, 3.8) is 0 Å². The second-order valence-electron chi connectivity index (χ2n) is 8.80. The van der Waals surface area contributed by atoms with Gasteiger partial charge in [0.1, 0.15) is 11.8 Å². The van der Waals surface area contributed by atoms with Gasteiger partial charge < -0.3 is 15.2 Å². The van der Waals surface area contributed by atoms with Crippen LogP contribution in [0.25, 0.3) is 0 Å². The number of carboxylic acid groups (broad SMARTS) is 1. The van der Waals surface area contributed by atoms with Gasteiger partial charge >= 0.3 is 12.0 Å². The van der Waals surface area contributed by atoms with E-state index in [0.717, 1.165) is 29.5 Å². The molecule has 1 aliphatic heterocycles. The Bertz CT molecular complexity index is 1010. The van der Waals surface area contributed by atoms with Crippen molar-refractivity contribution in [2.45, 2.75) is 65.1 Å². The van der Waals surface area contributed by atoms with Crippen LogP contribution >= 0.6 is 0 Å². The van der Waals surface area contributed by atoms with Gasteiger partial charge in [0.25, 0.3) is 5.91 Å². The van der Waals surface area contributed by atoms with E-state index in [0.29, 0.717) is 12.2 Å². The maximum atomic E-state index is 12.7. The number of urea groups is 1. The highest BCUT2D eigenvalue weighted by Crippen LogP contribution is 2.21. The van der Waals surface area contributed by atoms with Crippen LogP contribution in [0, 0.1) is 13.8 Å². The lowest BCUT2D eigenvalue weighted by Gasteiger charge is -2.21. The summed E-state index contributed by atoms with van der Waals surface area (Å²) in [6, 6.07) is 12.4. The maximum absolute atomic E-state index is 12.7. The number of carboxylic acids is 1. The van der Waals surface area contributed by atoms with Gasteiger partial charge in [-0.25, -0.2) is 9.59 Å². The third kappa shape index (κ3) is 5.46. The minimum atomic E-state index is -1.30. The smallest absolute Gasteiger partial charge is 0.347 e. The van der Waals surface area contributed by atoms with Gasteiger partial charge in [0.05, 0.1) is 6.54 Å². The zero-order chi connectivity index (χ0) is 23.5. The van der Waals surface area contributed by atoms with Crippen LogP contribution in [0.5, 0.6) is 5.75 Å². The highest BCUT2D eigenvalue weighted by Gasteiger charge is 2.37. The molecular formula is C25H30N2O5. The molecule has 1 saturated heterocycles. The van der Waals surface area contributed by atoms with Crippen molar-refractivity contribution in [1.29, 1.82) is 0 Å². The van der Waals surface area contributed by atoms with Crippen molar-refractivity contribution in [2.75, 3.05) is 0 Å². The SMILES string of the molecule is Cc1ccc(CN2C(=O)NC(CCCc3ccc(OC(C)(C)C(=O)O)cc3)C2=O)cc1C. The van der Waals surface area contributed by atoms with E-state index in [1.165, 1.54) is 24.3 Å². The van der Waals surface area contributed by atoms with Crippen molar-refractivity contribution in [3.8, 4) is 5.75 Å². The molecule has 0 aromatic heterocycles. The first-order chi connectivity index (χ1) is 15.1. The quantitative estimate of drug-likeness (QED) is 0.577. The lowest BCUT2D eigenvalue weighted by atomic mass is 10.0. The van der Waals surface area contributed by atoms with Crippen LogP contribution in [0.3, 0.4) is 0 Å². The molecule has 1 aliphatic rings. The van der Waals surface area contributed by atoms with Crippen LogP contribution in [0.1, 0.15) is 48.9 Å². The monoisotopic (exact) mass is 438 g/mol. The lowest BCUT2D eigenvalue weighted by Crippen LogP contribution is -2.37. The van der Waals surface area contributed by atoms with Crippen LogP contribution in [0.2, 0.25) is 0 Å². The van der Waals surface area contributed by atoms with Crippen LogP contribution in [-0.4, -0.2) is 39.6 Å². The third-order valence-corrected chi connectivity index (χ3v) is 5.79. The average Bonchev–Trinajstić information content (AvgIpc) is 2.99. The van der Waals surface area contributed by atoms with E-state index in [9.17, 15) is 14.4 Å². The van der Waals surface area contributed by atoms with Gasteiger partial charge in [-0.1, -0.05) is 30.3 Å². The number of aliphatic carboxylic acids is 1. The highest BCUT2D eigenvalue weighted by molar-refractivity contribution is 6.04. The molecule has 2 aromatic rings. The summed E-state index contributed by atoms with van der Waals surface area (Å²) in [5.41, 5.74) is 2.99. The van der Waals surface area contributed by atoms with Gasteiger partial charge in [-0.15, -0.1) is 0 Å². The fourth-order valence-electron chi connectivity index (χ4n) is 3.58. The minimum Gasteiger partial charge on any atom is -0.478 e. The number of benzene rings is 2. The van der Waals surface area contributed by atoms with Crippen LogP contribution < -0.4 is 10.1 Å². The Morgan fingerprint density at radius 3 is 2.34 bits per heavy atom. The molecule has 0 spiro atoms. The first-order valence-corrected chi connectivity index (χ1v) is 10.8. The molecule has 0 aliphatic carbocycles. The Morgan fingerprint density at radius 1 is 1.06 bits per heavy atom. The van der Waals surface area contributed by atoms with Crippen LogP contribution in [0.4, 0.5) is 4.79 Å². The molecule has 3 rings (SSSR count). The second-order valence-corrected chi connectivity index (χ2v) is 8.80. The number of aryl methyl sites for hydroxylation is 3. The van der Waals surface area contributed by atoms with E-state index in [1.54, 1.807) is 12.1 Å². The van der Waals surface area contributed by atoms with Gasteiger partial charge in [-0.3, -0.25) is 9.69 Å². The van der Waals surface area contributed by atoms with Crippen LogP contribution in [-0.2, 0) is 22.6 Å². The topological polar surface area (TPSA) is 95.9 Å². The number of carbonyl (C=O) groups excluding carboxylic acids is 2. The summed E-state index contributed by atoms with van der Waals surface area (Å²) in [7, 11) is 0. The summed E-state index contributed by atoms with van der Waals surface area (Å²) >= 11 is 0. The van der Waals surface area contributed by atoms with Gasteiger partial charge in [-0.05, 0) is 81.3 Å². The normalized spacial score (nSPS) is 16.2. The number of nitrogens with zero attached hydrogens (tertiary/aromatic N) is 1. The first-order valence-electron chi connectivity index (χ1n) is 10.8. The molecule has 1 heterocycles. The van der Waals surface area contributed by atoms with E-state index >= 15 is 0 Å². The summed E-state index contributed by atoms with van der Waals surface area (Å²) in [4.78, 5) is 37.5. The predicted molar refractivity (Wildman–Crippen MR) is 121 cm³/mol. The fourth-order valence-corrected chi connectivity index (χ4v) is 3.58. The lowest BCUT2D eigenvalue weighted by molar-refractivity contribution is -0.152. The molecule has 1 atom stereocenters. The van der Waals surface area contributed by atoms with Crippen LogP contribution in [0.15, 0.2) is 42.5 Å². The number of ether oxygens (including phenoxy) is 1. The zero-order valence-electron chi connectivity index (χ0n) is 19.0. The molecule has 2 N–H and O–H groups in total. The molecule has 3 amide bonds. The van der Waals surface area contributed by atoms with E-state index in [2.05, 4.69) is 5.32 Å². The predicted octanol–water partition coefficient (Wildman–Crippen LogP) is 3.99. The Hall–Kier alpha value is -3.35. The number of imide groups is 1. The average molecular weight is 439 g/mol. The Morgan fingerprint density at radius 2 is 1.72 bits per heavy atom. The Kier molecular flexibility index (Phi) is 6.87. The second kappa shape index (κ2) is 9.42. The van der Waals surface area contributed by atoms with Gasteiger partial charge in [-0.2, -0.15) is 0 Å². The molecule has 0 radical (unpaired) electrons. The molecular weight excluding hydrogens is 408 g/mol. The molecule has 7 nitrogen and oxygen atoms in total. The fraction of sp³-hybridized carbons (Fsp3) is 0.400. The molecule has 1 fully saturated rings. The summed E-state index contributed by atoms with van der Waals surface area (Å²) < 4.78 is 5.51. The third-order valence-electron chi connectivity index (χ3n) is 5.79. The van der Waals surface area contributed by atoms with Gasteiger partial charge in [0.2, 0.25) is 0 Å². The number of amides is 3. The van der Waals surface area contributed by atoms with Crippen molar-refractivity contribution in [3.05, 3.63) is 64.7 Å². The highest BCUT2D eigenvalue weighted by atomic mass is 16.5. The van der Waals surface area contributed by atoms with Crippen molar-refractivity contribution in [1.82, 2.24) is 10.2 Å². The first kappa shape index (κ1) is 23.3. The van der Waals surface area contributed by atoms with E-state index in [-0.39, 0.29) is 18.5 Å². The zero-order valence-corrected chi connectivity index (χ0v) is 19.0. The summed E-state index contributed by atoms with van der Waals surface area (Å²) in [5.74, 6) is -0.731. The summed E-state index contributed by atoms with van der Waals surface area (Å²) in [6.07, 6.45) is 2.02. The number of hydrogen-bond donors (Lipinski definition) is 2. The molecule has 2 aromatic carbocycles. The molecule has 32 heavy (non-hydrogen) atoms. The maximum Gasteiger partial charge on any atom is 0.347 e. The molecule has 170 valence electrons. The minimum absolute atomic E-state index is 0.187. The van der Waals surface area contributed by atoms with Crippen molar-refractivity contribution in [2.24, 2.45) is 0 Å². The largest absolute Gasteiger partial charge is 0.478 e. The number of carbonyl (C=O) groups is 3. The van der Waals surface area contributed by atoms with Gasteiger partial charge in [0.15, 0.2) is 5.60 Å². The van der Waals surface area contributed by atoms with E-state index in [4.69, 9.17) is 9.84 Å². The summed E-state index contributed by atoms with van der Waals surface area (Å²) in [6.45, 7) is 7.31. The molecule has 0 bridgehead atoms. The Labute approximate surface area is 188 Å². The molecule has 0 saturated carbocycles. The molecule has 1 unspecified atom stereocenters. The van der Waals surface area contributed by atoms with Gasteiger partial charge in [0, 0.05) is 0 Å².